The zero-order valence-corrected chi connectivity index (χ0v) is 13.8. The maximum atomic E-state index is 5.18. The Morgan fingerprint density at radius 1 is 1.35 bits per heavy atom. The first-order valence-electron chi connectivity index (χ1n) is 8.27. The fraction of sp³-hybridized carbons (Fsp3) is 0.625. The van der Waals surface area contributed by atoms with E-state index >= 15 is 0 Å². The Kier molecular flexibility index (Phi) is 5.30. The highest BCUT2D eigenvalue weighted by molar-refractivity contribution is 5.00. The van der Waals surface area contributed by atoms with Gasteiger partial charge in [-0.05, 0) is 26.3 Å². The second-order valence-electron chi connectivity index (χ2n) is 6.06. The molecular formula is C16H24N6O. The van der Waals surface area contributed by atoms with Crippen LogP contribution in [-0.4, -0.2) is 44.1 Å². The molecule has 0 bridgehead atoms. The third-order valence-electron chi connectivity index (χ3n) is 4.09. The van der Waals surface area contributed by atoms with Crippen LogP contribution < -0.4 is 5.32 Å². The molecular weight excluding hydrogens is 292 g/mol. The molecule has 1 N–H and O–H groups in total. The molecule has 1 saturated heterocycles. The molecule has 2 aromatic heterocycles. The highest BCUT2D eigenvalue weighted by Gasteiger charge is 2.21. The van der Waals surface area contributed by atoms with Gasteiger partial charge in [-0.1, -0.05) is 12.1 Å². The zero-order valence-electron chi connectivity index (χ0n) is 13.8. The molecule has 1 atom stereocenters. The van der Waals surface area contributed by atoms with Crippen molar-refractivity contribution in [3.63, 3.8) is 0 Å². The number of likely N-dealkylation sites (tertiary alicyclic amines) is 1. The first-order chi connectivity index (χ1) is 11.2. The van der Waals surface area contributed by atoms with Gasteiger partial charge < -0.3 is 9.84 Å². The smallest absolute Gasteiger partial charge is 0.226 e. The normalized spacial score (nSPS) is 19.1. The molecule has 3 rings (SSSR count). The topological polar surface area (TPSA) is 80.0 Å². The lowest BCUT2D eigenvalue weighted by Gasteiger charge is -2.32. The van der Waals surface area contributed by atoms with E-state index in [4.69, 9.17) is 4.52 Å². The van der Waals surface area contributed by atoms with Crippen LogP contribution in [0.1, 0.15) is 42.9 Å². The summed E-state index contributed by atoms with van der Waals surface area (Å²) in [7, 11) is 0. The van der Waals surface area contributed by atoms with E-state index in [0.717, 1.165) is 49.8 Å². The molecule has 0 radical (unpaired) electrons. The number of aromatic nitrogens is 4. The number of hydrogen-bond donors (Lipinski definition) is 1. The Balaban J connectivity index is 1.48. The fourth-order valence-electron chi connectivity index (χ4n) is 2.82. The van der Waals surface area contributed by atoms with Crippen LogP contribution in [0.3, 0.4) is 0 Å². The number of rotatable bonds is 6. The van der Waals surface area contributed by atoms with Gasteiger partial charge in [0.25, 0.3) is 0 Å². The van der Waals surface area contributed by atoms with Gasteiger partial charge in [-0.15, -0.1) is 0 Å². The second kappa shape index (κ2) is 7.61. The van der Waals surface area contributed by atoms with Crippen LogP contribution in [0.4, 0.5) is 0 Å². The quantitative estimate of drug-likeness (QED) is 0.864. The summed E-state index contributed by atoms with van der Waals surface area (Å²) in [5, 5.41) is 7.62. The summed E-state index contributed by atoms with van der Waals surface area (Å²) < 4.78 is 5.18. The average molecular weight is 316 g/mol. The maximum absolute atomic E-state index is 5.18. The van der Waals surface area contributed by atoms with Gasteiger partial charge in [0.2, 0.25) is 5.89 Å². The van der Waals surface area contributed by atoms with E-state index < -0.39 is 0 Å². The molecule has 0 amide bonds. The van der Waals surface area contributed by atoms with Gasteiger partial charge in [0.1, 0.15) is 0 Å². The van der Waals surface area contributed by atoms with Crippen molar-refractivity contribution >= 4 is 0 Å². The highest BCUT2D eigenvalue weighted by atomic mass is 16.5. The van der Waals surface area contributed by atoms with Crippen LogP contribution in [0.15, 0.2) is 16.9 Å². The molecule has 0 aromatic carbocycles. The molecule has 0 saturated carbocycles. The Morgan fingerprint density at radius 3 is 3.00 bits per heavy atom. The van der Waals surface area contributed by atoms with E-state index in [-0.39, 0.29) is 0 Å². The number of nitrogens with one attached hydrogen (secondary N) is 1. The molecule has 1 fully saturated rings. The summed E-state index contributed by atoms with van der Waals surface area (Å²) in [5.74, 6) is 1.50. The monoisotopic (exact) mass is 316 g/mol. The van der Waals surface area contributed by atoms with Crippen LogP contribution in [0.25, 0.3) is 0 Å². The SMILES string of the molecule is CCc1nc(CN2CCC[C@@H](NCc3cnc(C)cn3)C2)no1. The van der Waals surface area contributed by atoms with Crippen molar-refractivity contribution in [3.8, 4) is 0 Å². The van der Waals surface area contributed by atoms with Crippen LogP contribution in [0.5, 0.6) is 0 Å². The maximum Gasteiger partial charge on any atom is 0.226 e. The lowest BCUT2D eigenvalue weighted by molar-refractivity contribution is 0.177. The minimum Gasteiger partial charge on any atom is -0.339 e. The van der Waals surface area contributed by atoms with E-state index in [0.29, 0.717) is 11.9 Å². The van der Waals surface area contributed by atoms with Crippen molar-refractivity contribution < 1.29 is 4.52 Å². The molecule has 2 aromatic rings. The third kappa shape index (κ3) is 4.56. The van der Waals surface area contributed by atoms with Crippen molar-refractivity contribution in [2.75, 3.05) is 13.1 Å². The summed E-state index contributed by atoms with van der Waals surface area (Å²) in [6.45, 7) is 7.56. The molecule has 7 heteroatoms. The molecule has 23 heavy (non-hydrogen) atoms. The van der Waals surface area contributed by atoms with E-state index in [2.05, 4.69) is 30.3 Å². The van der Waals surface area contributed by atoms with E-state index in [9.17, 15) is 0 Å². The molecule has 1 aliphatic heterocycles. The molecule has 7 nitrogen and oxygen atoms in total. The van der Waals surface area contributed by atoms with Gasteiger partial charge in [0.05, 0.1) is 17.9 Å². The summed E-state index contributed by atoms with van der Waals surface area (Å²) in [4.78, 5) is 15.4. The Morgan fingerprint density at radius 2 is 2.26 bits per heavy atom. The van der Waals surface area contributed by atoms with Crippen LogP contribution in [0.2, 0.25) is 0 Å². The highest BCUT2D eigenvalue weighted by Crippen LogP contribution is 2.13. The van der Waals surface area contributed by atoms with E-state index in [1.165, 1.54) is 12.8 Å². The van der Waals surface area contributed by atoms with Gasteiger partial charge in [-0.25, -0.2) is 0 Å². The summed E-state index contributed by atoms with van der Waals surface area (Å²) in [6.07, 6.45) is 6.80. The lowest BCUT2D eigenvalue weighted by atomic mass is 10.1. The number of nitrogens with zero attached hydrogens (tertiary/aromatic N) is 5. The Labute approximate surface area is 136 Å². The molecule has 0 unspecified atom stereocenters. The van der Waals surface area contributed by atoms with Gasteiger partial charge in [0.15, 0.2) is 5.82 Å². The standard InChI is InChI=1S/C16H24N6O/c1-3-16-20-15(21-23-16)11-22-6-4-5-13(10-22)19-9-14-8-17-12(2)7-18-14/h7-8,13,19H,3-6,9-11H2,1-2H3/t13-/m1/s1. The zero-order chi connectivity index (χ0) is 16.1. The number of hydrogen-bond acceptors (Lipinski definition) is 7. The van der Waals surface area contributed by atoms with E-state index in [1.54, 1.807) is 0 Å². The van der Waals surface area contributed by atoms with E-state index in [1.807, 2.05) is 26.2 Å². The summed E-state index contributed by atoms with van der Waals surface area (Å²) in [6, 6.07) is 0.462. The van der Waals surface area contributed by atoms with Crippen LogP contribution in [0, 0.1) is 6.92 Å². The van der Waals surface area contributed by atoms with Gasteiger partial charge in [0, 0.05) is 37.9 Å². The van der Waals surface area contributed by atoms with Crippen LogP contribution in [-0.2, 0) is 19.5 Å². The molecule has 0 spiro atoms. The van der Waals surface area contributed by atoms with Crippen molar-refractivity contribution in [1.82, 2.24) is 30.3 Å². The van der Waals surface area contributed by atoms with Crippen LogP contribution >= 0.6 is 0 Å². The van der Waals surface area contributed by atoms with Crippen molar-refractivity contribution in [1.29, 1.82) is 0 Å². The van der Waals surface area contributed by atoms with Crippen molar-refractivity contribution in [2.45, 2.75) is 52.2 Å². The Hall–Kier alpha value is -1.86. The summed E-state index contributed by atoms with van der Waals surface area (Å²) in [5.41, 5.74) is 1.93. The predicted molar refractivity (Wildman–Crippen MR) is 85.6 cm³/mol. The third-order valence-corrected chi connectivity index (χ3v) is 4.09. The fourth-order valence-corrected chi connectivity index (χ4v) is 2.82. The lowest BCUT2D eigenvalue weighted by Crippen LogP contribution is -2.45. The minimum atomic E-state index is 0.462. The van der Waals surface area contributed by atoms with Gasteiger partial charge in [-0.3, -0.25) is 14.9 Å². The van der Waals surface area contributed by atoms with Crippen molar-refractivity contribution in [3.05, 3.63) is 35.5 Å². The predicted octanol–water partition coefficient (Wildman–Crippen LogP) is 1.48. The molecule has 0 aliphatic carbocycles. The summed E-state index contributed by atoms with van der Waals surface area (Å²) >= 11 is 0. The first kappa shape index (κ1) is 16.0. The first-order valence-corrected chi connectivity index (χ1v) is 8.27. The number of aryl methyl sites for hydroxylation is 2. The van der Waals surface area contributed by atoms with Gasteiger partial charge >= 0.3 is 0 Å². The molecule has 3 heterocycles. The average Bonchev–Trinajstić information content (AvgIpc) is 3.02. The number of piperidine rings is 1. The molecule has 124 valence electrons. The van der Waals surface area contributed by atoms with Crippen molar-refractivity contribution in [2.24, 2.45) is 0 Å². The second-order valence-corrected chi connectivity index (χ2v) is 6.06. The minimum absolute atomic E-state index is 0.462. The largest absolute Gasteiger partial charge is 0.339 e. The van der Waals surface area contributed by atoms with Gasteiger partial charge in [-0.2, -0.15) is 4.98 Å². The molecule has 1 aliphatic rings. The Bertz CT molecular complexity index is 611.